The number of nitro benzene ring substituents is 1. The number of esters is 1. The minimum atomic E-state index is -4.72. The topological polar surface area (TPSA) is 141 Å². The second kappa shape index (κ2) is 11.8. The second-order valence-corrected chi connectivity index (χ2v) is 11.1. The summed E-state index contributed by atoms with van der Waals surface area (Å²) < 4.78 is 70.9. The quantitative estimate of drug-likeness (QED) is 0.126. The van der Waals surface area contributed by atoms with Crippen LogP contribution in [0.15, 0.2) is 12.1 Å². The number of benzene rings is 1. The van der Waals surface area contributed by atoms with Crippen molar-refractivity contribution in [3.63, 3.8) is 0 Å². The highest BCUT2D eigenvalue weighted by Gasteiger charge is 2.38. The van der Waals surface area contributed by atoms with Gasteiger partial charge in [0, 0.05) is 23.9 Å². The Kier molecular flexibility index (Phi) is 10.4. The number of methoxy groups -OCH3 is 1. The lowest BCUT2D eigenvalue weighted by Gasteiger charge is -2.25. The number of rotatable bonds is 13. The maximum Gasteiger partial charge on any atom is 0.341 e. The van der Waals surface area contributed by atoms with Crippen LogP contribution in [0.3, 0.4) is 0 Å². The summed E-state index contributed by atoms with van der Waals surface area (Å²) in [7, 11) is -8.56. The van der Waals surface area contributed by atoms with Crippen molar-refractivity contribution in [3.8, 4) is 0 Å². The molecule has 0 saturated heterocycles. The van der Waals surface area contributed by atoms with Crippen molar-refractivity contribution in [2.75, 3.05) is 34.1 Å². The van der Waals surface area contributed by atoms with E-state index in [1.807, 2.05) is 0 Å². The van der Waals surface area contributed by atoms with E-state index in [-0.39, 0.29) is 41.2 Å². The smallest absolute Gasteiger partial charge is 0.341 e. The number of carbonyl (C=O) groups excluding carboxylic acids is 1. The standard InChI is InChI=1S/C16H21Cl2FN2O8S2/c1-29-16(22)13-10-12(20(23)24)11-14(15(13)19)21(30(25,26)8-4-2-6-17)31(27,28)9-5-3-7-18/h10-11H,2-9H2,1H3. The predicted molar refractivity (Wildman–Crippen MR) is 114 cm³/mol. The van der Waals surface area contributed by atoms with E-state index >= 15 is 4.39 Å². The lowest BCUT2D eigenvalue weighted by Crippen LogP contribution is -2.41. The van der Waals surface area contributed by atoms with Crippen molar-refractivity contribution in [3.05, 3.63) is 33.6 Å². The zero-order valence-corrected chi connectivity index (χ0v) is 19.6. The van der Waals surface area contributed by atoms with Crippen LogP contribution in [-0.2, 0) is 24.8 Å². The molecule has 0 bridgehead atoms. The van der Waals surface area contributed by atoms with E-state index in [0.29, 0.717) is 12.1 Å². The Balaban J connectivity index is 3.77. The number of hydrogen-bond donors (Lipinski definition) is 0. The fourth-order valence-electron chi connectivity index (χ4n) is 2.49. The average molecular weight is 523 g/mol. The molecule has 0 spiro atoms. The molecule has 0 aliphatic rings. The molecule has 15 heteroatoms. The summed E-state index contributed by atoms with van der Waals surface area (Å²) in [6.07, 6.45) is 0.372. The molecule has 0 atom stereocenters. The molecule has 31 heavy (non-hydrogen) atoms. The third-order valence-corrected chi connectivity index (χ3v) is 8.84. The van der Waals surface area contributed by atoms with Crippen LogP contribution < -0.4 is 3.71 Å². The average Bonchev–Trinajstić information content (AvgIpc) is 2.68. The number of ether oxygens (including phenoxy) is 1. The van der Waals surface area contributed by atoms with Crippen molar-refractivity contribution >= 4 is 60.6 Å². The third-order valence-electron chi connectivity index (χ3n) is 3.93. The Bertz CT molecular complexity index is 979. The largest absolute Gasteiger partial charge is 0.465 e. The number of nitrogens with zero attached hydrogens (tertiary/aromatic N) is 2. The maximum atomic E-state index is 15.1. The van der Waals surface area contributed by atoms with E-state index in [4.69, 9.17) is 23.2 Å². The van der Waals surface area contributed by atoms with Gasteiger partial charge in [-0.25, -0.2) is 26.0 Å². The molecule has 176 valence electrons. The Morgan fingerprint density at radius 3 is 1.94 bits per heavy atom. The monoisotopic (exact) mass is 522 g/mol. The van der Waals surface area contributed by atoms with Crippen molar-refractivity contribution in [2.24, 2.45) is 0 Å². The molecule has 0 aliphatic heterocycles. The lowest BCUT2D eigenvalue weighted by atomic mass is 10.1. The van der Waals surface area contributed by atoms with Crippen LogP contribution in [0.2, 0.25) is 0 Å². The molecule has 0 saturated carbocycles. The molecule has 0 heterocycles. The van der Waals surface area contributed by atoms with Crippen LogP contribution in [0.25, 0.3) is 0 Å². The third kappa shape index (κ3) is 7.16. The highest BCUT2D eigenvalue weighted by Crippen LogP contribution is 2.33. The number of alkyl halides is 2. The highest BCUT2D eigenvalue weighted by molar-refractivity contribution is 8.10. The zero-order chi connectivity index (χ0) is 23.8. The van der Waals surface area contributed by atoms with Gasteiger partial charge in [0.15, 0.2) is 5.82 Å². The number of nitro groups is 1. The summed E-state index contributed by atoms with van der Waals surface area (Å²) in [4.78, 5) is 22.1. The number of non-ortho nitro benzene ring substituents is 1. The molecule has 1 aromatic rings. The predicted octanol–water partition coefficient (Wildman–Crippen LogP) is 3.02. The van der Waals surface area contributed by atoms with Gasteiger partial charge in [-0.15, -0.1) is 23.2 Å². The lowest BCUT2D eigenvalue weighted by molar-refractivity contribution is -0.384. The number of hydrogen-bond acceptors (Lipinski definition) is 8. The van der Waals surface area contributed by atoms with Gasteiger partial charge < -0.3 is 4.74 Å². The fraction of sp³-hybridized carbons (Fsp3) is 0.562. The Morgan fingerprint density at radius 1 is 1.06 bits per heavy atom. The molecule has 0 fully saturated rings. The van der Waals surface area contributed by atoms with Crippen molar-refractivity contribution < 1.29 is 35.7 Å². The SMILES string of the molecule is COC(=O)c1cc([N+](=O)[O-])cc(N(S(=O)(=O)CCCCCl)S(=O)(=O)CCCCCl)c1F. The molecular weight excluding hydrogens is 502 g/mol. The first-order valence-corrected chi connectivity index (χ1v) is 13.2. The van der Waals surface area contributed by atoms with Gasteiger partial charge in [0.1, 0.15) is 11.3 Å². The molecular formula is C16H21Cl2FN2O8S2. The first-order valence-electron chi connectivity index (χ1n) is 8.87. The zero-order valence-electron chi connectivity index (χ0n) is 16.4. The molecule has 10 nitrogen and oxygen atoms in total. The van der Waals surface area contributed by atoms with Gasteiger partial charge in [-0.1, -0.05) is 0 Å². The minimum Gasteiger partial charge on any atom is -0.465 e. The number of sulfonamides is 2. The van der Waals surface area contributed by atoms with Gasteiger partial charge in [-0.2, -0.15) is 3.71 Å². The summed E-state index contributed by atoms with van der Waals surface area (Å²) in [5.74, 6) is -4.15. The van der Waals surface area contributed by atoms with Crippen molar-refractivity contribution in [1.29, 1.82) is 0 Å². The number of anilines is 1. The Morgan fingerprint density at radius 2 is 1.55 bits per heavy atom. The van der Waals surface area contributed by atoms with Gasteiger partial charge in [-0.3, -0.25) is 10.1 Å². The summed E-state index contributed by atoms with van der Waals surface area (Å²) >= 11 is 11.1. The van der Waals surface area contributed by atoms with E-state index in [2.05, 4.69) is 4.74 Å². The van der Waals surface area contributed by atoms with E-state index < -0.39 is 65.2 Å². The van der Waals surface area contributed by atoms with E-state index in [1.165, 1.54) is 0 Å². The summed E-state index contributed by atoms with van der Waals surface area (Å²) in [5.41, 5.74) is -3.04. The first kappa shape index (κ1) is 27.3. The van der Waals surface area contributed by atoms with Gasteiger partial charge in [0.05, 0.1) is 23.5 Å². The van der Waals surface area contributed by atoms with Crippen LogP contribution in [0.4, 0.5) is 15.8 Å². The maximum absolute atomic E-state index is 15.1. The molecule has 0 N–H and O–H groups in total. The minimum absolute atomic E-state index is 0.0417. The fourth-order valence-corrected chi connectivity index (χ4v) is 7.03. The number of halogens is 3. The van der Waals surface area contributed by atoms with Gasteiger partial charge in [0.25, 0.3) is 5.69 Å². The summed E-state index contributed by atoms with van der Waals surface area (Å²) in [6, 6.07) is 0.975. The molecule has 0 radical (unpaired) electrons. The van der Waals surface area contributed by atoms with Crippen molar-refractivity contribution in [1.82, 2.24) is 0 Å². The molecule has 0 amide bonds. The highest BCUT2D eigenvalue weighted by atomic mass is 35.5. The number of carbonyl (C=O) groups is 1. The van der Waals surface area contributed by atoms with Crippen LogP contribution in [0, 0.1) is 15.9 Å². The second-order valence-electron chi connectivity index (χ2n) is 6.20. The van der Waals surface area contributed by atoms with E-state index in [0.717, 1.165) is 7.11 Å². The van der Waals surface area contributed by atoms with Crippen LogP contribution in [0.5, 0.6) is 0 Å². The summed E-state index contributed by atoms with van der Waals surface area (Å²) in [5, 5.41) is 11.3. The Hall–Kier alpha value is -1.70. The number of unbranched alkanes of at least 4 members (excludes halogenated alkanes) is 2. The van der Waals surface area contributed by atoms with Crippen LogP contribution >= 0.6 is 23.2 Å². The Labute approximate surface area is 189 Å². The summed E-state index contributed by atoms with van der Waals surface area (Å²) in [6.45, 7) is 0. The van der Waals surface area contributed by atoms with Crippen LogP contribution in [-0.4, -0.2) is 58.1 Å². The van der Waals surface area contributed by atoms with Gasteiger partial charge >= 0.3 is 5.97 Å². The van der Waals surface area contributed by atoms with E-state index in [1.54, 1.807) is 0 Å². The van der Waals surface area contributed by atoms with E-state index in [9.17, 15) is 31.7 Å². The molecule has 1 rings (SSSR count). The molecule has 0 unspecified atom stereocenters. The first-order chi connectivity index (χ1) is 14.4. The van der Waals surface area contributed by atoms with Gasteiger partial charge in [-0.05, 0) is 25.7 Å². The van der Waals surface area contributed by atoms with Crippen molar-refractivity contribution in [2.45, 2.75) is 25.7 Å². The van der Waals surface area contributed by atoms with Crippen LogP contribution in [0.1, 0.15) is 36.0 Å². The van der Waals surface area contributed by atoms with Gasteiger partial charge in [0.2, 0.25) is 20.0 Å². The molecule has 1 aromatic carbocycles. The molecule has 0 aliphatic carbocycles. The normalized spacial score (nSPS) is 11.9. The molecule has 0 aromatic heterocycles.